The van der Waals surface area contributed by atoms with Gasteiger partial charge in [-0.2, -0.15) is 0 Å². The number of nitrogens with zero attached hydrogens (tertiary/aromatic N) is 3. The predicted molar refractivity (Wildman–Crippen MR) is 77.9 cm³/mol. The second kappa shape index (κ2) is 6.71. The molecule has 1 heterocycles. The molecule has 0 aromatic carbocycles. The summed E-state index contributed by atoms with van der Waals surface area (Å²) in [5.74, 6) is 1.02. The smallest absolute Gasteiger partial charge is 0.129 e. The lowest BCUT2D eigenvalue weighted by Crippen LogP contribution is -2.40. The number of anilines is 1. The third-order valence-corrected chi connectivity index (χ3v) is 3.09. The van der Waals surface area contributed by atoms with Crippen LogP contribution in [0.15, 0.2) is 18.3 Å². The van der Waals surface area contributed by atoms with E-state index in [0.717, 1.165) is 24.5 Å². The maximum Gasteiger partial charge on any atom is 0.129 e. The third kappa shape index (κ3) is 3.96. The minimum absolute atomic E-state index is 0.0506. The first-order valence-electron chi connectivity index (χ1n) is 6.58. The zero-order chi connectivity index (χ0) is 13.7. The second-order valence-electron chi connectivity index (χ2n) is 5.13. The molecule has 0 aliphatic heterocycles. The van der Waals surface area contributed by atoms with E-state index in [1.165, 1.54) is 0 Å². The van der Waals surface area contributed by atoms with Crippen molar-refractivity contribution in [3.8, 4) is 0 Å². The molecule has 2 atom stereocenters. The fourth-order valence-corrected chi connectivity index (χ4v) is 2.20. The van der Waals surface area contributed by atoms with E-state index in [1.54, 1.807) is 0 Å². The molecular formula is C14H26N4. The van der Waals surface area contributed by atoms with Gasteiger partial charge in [0.1, 0.15) is 5.82 Å². The molecule has 0 spiro atoms. The Kier molecular flexibility index (Phi) is 5.56. The number of likely N-dealkylation sites (N-methyl/N-ethyl adjacent to an activating group) is 2. The molecule has 4 heteroatoms. The molecule has 0 amide bonds. The number of hydrogen-bond acceptors (Lipinski definition) is 4. The maximum absolute atomic E-state index is 5.93. The Morgan fingerprint density at radius 3 is 2.50 bits per heavy atom. The molecule has 0 aliphatic carbocycles. The highest BCUT2D eigenvalue weighted by atomic mass is 15.2. The van der Waals surface area contributed by atoms with Crippen molar-refractivity contribution in [1.29, 1.82) is 0 Å². The average Bonchev–Trinajstić information content (AvgIpc) is 2.29. The second-order valence-corrected chi connectivity index (χ2v) is 5.13. The van der Waals surface area contributed by atoms with E-state index >= 15 is 0 Å². The Bertz CT molecular complexity index is 363. The van der Waals surface area contributed by atoms with Crippen LogP contribution in [-0.2, 0) is 0 Å². The molecule has 2 N–H and O–H groups in total. The van der Waals surface area contributed by atoms with Crippen LogP contribution in [0.5, 0.6) is 0 Å². The minimum Gasteiger partial charge on any atom is -0.353 e. The zero-order valence-corrected chi connectivity index (χ0v) is 12.2. The van der Waals surface area contributed by atoms with E-state index in [1.807, 2.05) is 19.2 Å². The molecule has 4 nitrogen and oxygen atoms in total. The van der Waals surface area contributed by atoms with Gasteiger partial charge in [0.15, 0.2) is 0 Å². The molecular weight excluding hydrogens is 224 g/mol. The zero-order valence-electron chi connectivity index (χ0n) is 12.2. The van der Waals surface area contributed by atoms with E-state index in [2.05, 4.69) is 48.8 Å². The Morgan fingerprint density at radius 2 is 2.00 bits per heavy atom. The van der Waals surface area contributed by atoms with Gasteiger partial charge in [0.25, 0.3) is 0 Å². The van der Waals surface area contributed by atoms with Crippen molar-refractivity contribution in [2.24, 2.45) is 5.73 Å². The van der Waals surface area contributed by atoms with E-state index in [4.69, 9.17) is 5.73 Å². The van der Waals surface area contributed by atoms with Gasteiger partial charge in [-0.15, -0.1) is 0 Å². The van der Waals surface area contributed by atoms with Crippen LogP contribution in [0.3, 0.4) is 0 Å². The van der Waals surface area contributed by atoms with Gasteiger partial charge in [0.2, 0.25) is 0 Å². The predicted octanol–water partition coefficient (Wildman–Crippen LogP) is 1.88. The normalized spacial score (nSPS) is 14.6. The van der Waals surface area contributed by atoms with Gasteiger partial charge in [0, 0.05) is 31.4 Å². The first kappa shape index (κ1) is 14.9. The maximum atomic E-state index is 5.93. The van der Waals surface area contributed by atoms with Crippen LogP contribution in [0.25, 0.3) is 0 Å². The monoisotopic (exact) mass is 250 g/mol. The summed E-state index contributed by atoms with van der Waals surface area (Å²) in [4.78, 5) is 8.98. The number of nitrogens with two attached hydrogens (primary N) is 1. The molecule has 0 aliphatic rings. The Hall–Kier alpha value is -1.13. The Morgan fingerprint density at radius 1 is 1.33 bits per heavy atom. The van der Waals surface area contributed by atoms with E-state index in [9.17, 15) is 0 Å². The van der Waals surface area contributed by atoms with Gasteiger partial charge in [-0.1, -0.05) is 0 Å². The first-order chi connectivity index (χ1) is 8.45. The summed E-state index contributed by atoms with van der Waals surface area (Å²) in [7, 11) is 4.19. The molecule has 0 bridgehead atoms. The van der Waals surface area contributed by atoms with Gasteiger partial charge in [0.05, 0.1) is 0 Å². The molecule has 0 radical (unpaired) electrons. The molecule has 0 saturated heterocycles. The molecule has 18 heavy (non-hydrogen) atoms. The molecule has 0 fully saturated rings. The lowest BCUT2D eigenvalue weighted by Gasteiger charge is -2.31. The Labute approximate surface area is 111 Å². The highest BCUT2D eigenvalue weighted by Gasteiger charge is 2.15. The third-order valence-electron chi connectivity index (χ3n) is 3.09. The van der Waals surface area contributed by atoms with E-state index in [0.29, 0.717) is 6.04 Å². The highest BCUT2D eigenvalue weighted by molar-refractivity contribution is 5.42. The van der Waals surface area contributed by atoms with Crippen LogP contribution >= 0.6 is 0 Å². The SMILES string of the molecule is CCN(c1cc(C(C)N)ccn1)C(C)CN(C)C. The molecule has 1 aromatic rings. The molecule has 2 unspecified atom stereocenters. The molecule has 1 rings (SSSR count). The van der Waals surface area contributed by atoms with Crippen molar-refractivity contribution in [3.63, 3.8) is 0 Å². The number of aromatic nitrogens is 1. The van der Waals surface area contributed by atoms with Gasteiger partial charge in [-0.05, 0) is 52.6 Å². The van der Waals surface area contributed by atoms with Crippen LogP contribution in [0, 0.1) is 0 Å². The fourth-order valence-electron chi connectivity index (χ4n) is 2.20. The number of hydrogen-bond donors (Lipinski definition) is 1. The van der Waals surface area contributed by atoms with Crippen molar-refractivity contribution in [2.45, 2.75) is 32.9 Å². The summed E-state index contributed by atoms with van der Waals surface area (Å²) in [6.45, 7) is 8.34. The van der Waals surface area contributed by atoms with Crippen molar-refractivity contribution in [3.05, 3.63) is 23.9 Å². The molecule has 0 saturated carbocycles. The Balaban J connectivity index is 2.90. The van der Waals surface area contributed by atoms with Crippen LogP contribution < -0.4 is 10.6 Å². The summed E-state index contributed by atoms with van der Waals surface area (Å²) in [5, 5.41) is 0. The molecule has 1 aromatic heterocycles. The van der Waals surface area contributed by atoms with Crippen molar-refractivity contribution in [1.82, 2.24) is 9.88 Å². The van der Waals surface area contributed by atoms with E-state index in [-0.39, 0.29) is 6.04 Å². The standard InChI is InChI=1S/C14H26N4/c1-6-18(11(2)10-17(4)5)14-9-13(12(3)15)7-8-16-14/h7-9,11-12H,6,10,15H2,1-5H3. The van der Waals surface area contributed by atoms with Crippen molar-refractivity contribution in [2.75, 3.05) is 32.1 Å². The average molecular weight is 250 g/mol. The number of pyridine rings is 1. The summed E-state index contributed by atoms with van der Waals surface area (Å²) in [6, 6.07) is 4.56. The summed E-state index contributed by atoms with van der Waals surface area (Å²) >= 11 is 0. The highest BCUT2D eigenvalue weighted by Crippen LogP contribution is 2.18. The van der Waals surface area contributed by atoms with Gasteiger partial charge >= 0.3 is 0 Å². The largest absolute Gasteiger partial charge is 0.353 e. The molecule has 102 valence electrons. The van der Waals surface area contributed by atoms with Crippen LogP contribution in [0.4, 0.5) is 5.82 Å². The number of rotatable bonds is 6. The van der Waals surface area contributed by atoms with Crippen LogP contribution in [-0.4, -0.2) is 43.1 Å². The fraction of sp³-hybridized carbons (Fsp3) is 0.643. The van der Waals surface area contributed by atoms with E-state index < -0.39 is 0 Å². The van der Waals surface area contributed by atoms with Crippen molar-refractivity contribution < 1.29 is 0 Å². The summed E-state index contributed by atoms with van der Waals surface area (Å²) in [6.07, 6.45) is 1.85. The van der Waals surface area contributed by atoms with Gasteiger partial charge in [-0.3, -0.25) is 0 Å². The topological polar surface area (TPSA) is 45.4 Å². The summed E-state index contributed by atoms with van der Waals surface area (Å²) < 4.78 is 0. The quantitative estimate of drug-likeness (QED) is 0.837. The lowest BCUT2D eigenvalue weighted by atomic mass is 10.1. The van der Waals surface area contributed by atoms with Gasteiger partial charge in [-0.25, -0.2) is 4.98 Å². The lowest BCUT2D eigenvalue weighted by molar-refractivity contribution is 0.372. The summed E-state index contributed by atoms with van der Waals surface area (Å²) in [5.41, 5.74) is 7.06. The minimum atomic E-state index is 0.0506. The first-order valence-corrected chi connectivity index (χ1v) is 6.58. The van der Waals surface area contributed by atoms with Crippen LogP contribution in [0.2, 0.25) is 0 Å². The van der Waals surface area contributed by atoms with Gasteiger partial charge < -0.3 is 15.5 Å². The van der Waals surface area contributed by atoms with Crippen molar-refractivity contribution >= 4 is 5.82 Å². The van der Waals surface area contributed by atoms with Crippen LogP contribution in [0.1, 0.15) is 32.4 Å².